The Balaban J connectivity index is 0.980. The topological polar surface area (TPSA) is 16.3 Å². The molecule has 5 heteroatoms. The largest absolute Gasteiger partial charge is 0.311 e. The first-order valence-corrected chi connectivity index (χ1v) is 30.1. The van der Waals surface area contributed by atoms with Crippen LogP contribution in [-0.4, -0.2) is 15.8 Å². The summed E-state index contributed by atoms with van der Waals surface area (Å²) >= 11 is 0. The molecule has 11 aromatic carbocycles. The number of aromatic nitrogens is 2. The van der Waals surface area contributed by atoms with E-state index >= 15 is 0 Å². The lowest BCUT2D eigenvalue weighted by Gasteiger charge is -2.45. The Labute approximate surface area is 487 Å². The van der Waals surface area contributed by atoms with Gasteiger partial charge in [-0.3, -0.25) is 0 Å². The fourth-order valence-corrected chi connectivity index (χ4v) is 15.0. The Kier molecular flexibility index (Phi) is 11.4. The van der Waals surface area contributed by atoms with Crippen LogP contribution in [0, 0.1) is 0 Å². The molecule has 1 aliphatic carbocycles. The normalized spacial score (nSPS) is 14.4. The number of benzene rings is 11. The van der Waals surface area contributed by atoms with E-state index < -0.39 is 0 Å². The standard InChI is InChI=1S/C78H65BN4/c1-77(2,54-25-10-6-11-26-54)56-29-22-30-60(49-56)83-73-50-57(78(3,4)55-27-12-7-13-28-55)39-45-66(73)79-67-51-61(82-70-37-20-16-33-64(70)65-34-17-21-38-71(65)82)44-46-72(67)81(74-47-53(48-75(83)76(74)79)52-23-8-5-9-24-52)59-42-40-58(41-43-59)80-68-35-18-14-31-62(68)63-32-15-19-36-69(63)80/h6-7,10-22,25-52H,5,8-9,23-24H2,1-4H3. The highest BCUT2D eigenvalue weighted by atomic mass is 15.2. The fourth-order valence-electron chi connectivity index (χ4n) is 15.0. The third-order valence-corrected chi connectivity index (χ3v) is 19.5. The zero-order chi connectivity index (χ0) is 55.6. The minimum atomic E-state index is -0.273. The second kappa shape index (κ2) is 19.1. The van der Waals surface area contributed by atoms with Crippen LogP contribution in [0.2, 0.25) is 0 Å². The lowest BCUT2D eigenvalue weighted by Crippen LogP contribution is -2.61. The number of rotatable bonds is 9. The van der Waals surface area contributed by atoms with Gasteiger partial charge in [0.2, 0.25) is 0 Å². The van der Waals surface area contributed by atoms with Crippen molar-refractivity contribution in [3.8, 4) is 11.4 Å². The van der Waals surface area contributed by atoms with Gasteiger partial charge in [0.1, 0.15) is 0 Å². The number of nitrogens with zero attached hydrogens (tertiary/aromatic N) is 4. The molecule has 0 spiro atoms. The van der Waals surface area contributed by atoms with E-state index in [1.165, 1.54) is 148 Å². The Hall–Kier alpha value is -9.32. The van der Waals surface area contributed by atoms with Crippen molar-refractivity contribution in [2.75, 3.05) is 9.80 Å². The summed E-state index contributed by atoms with van der Waals surface area (Å²) in [5.74, 6) is 0.456. The number of hydrogen-bond donors (Lipinski definition) is 0. The van der Waals surface area contributed by atoms with E-state index in [2.05, 4.69) is 301 Å². The quantitative estimate of drug-likeness (QED) is 0.134. The van der Waals surface area contributed by atoms with Crippen molar-refractivity contribution in [3.63, 3.8) is 0 Å². The van der Waals surface area contributed by atoms with Crippen LogP contribution in [0.4, 0.5) is 34.1 Å². The molecular weight excluding hydrogens is 1000 g/mol. The molecule has 0 radical (unpaired) electrons. The predicted octanol–water partition coefficient (Wildman–Crippen LogP) is 18.7. The van der Waals surface area contributed by atoms with Crippen molar-refractivity contribution in [2.45, 2.75) is 76.5 Å². The molecular formula is C78H65BN4. The number of para-hydroxylation sites is 4. The van der Waals surface area contributed by atoms with Crippen molar-refractivity contribution in [2.24, 2.45) is 0 Å². The first kappa shape index (κ1) is 49.5. The number of hydrogen-bond acceptors (Lipinski definition) is 2. The van der Waals surface area contributed by atoms with Gasteiger partial charge in [-0.05, 0) is 160 Å². The SMILES string of the molecule is CC(C)(c1ccccc1)c1cccc(N2c3cc(C(C)(C)c4ccccc4)ccc3B3c4cc(-n5c6ccccc6c6ccccc65)ccc4N(c4ccc(-n5c6ccccc6c6ccccc65)cc4)c4cc(C5CCCCC5)cc2c43)c1. The van der Waals surface area contributed by atoms with E-state index in [9.17, 15) is 0 Å². The molecule has 4 nitrogen and oxygen atoms in total. The molecule has 1 saturated carbocycles. The van der Waals surface area contributed by atoms with Crippen molar-refractivity contribution in [1.29, 1.82) is 0 Å². The van der Waals surface area contributed by atoms with E-state index in [0.29, 0.717) is 5.92 Å². The highest BCUT2D eigenvalue weighted by molar-refractivity contribution is 7.00. The zero-order valence-electron chi connectivity index (χ0n) is 47.7. The smallest absolute Gasteiger partial charge is 0.252 e. The van der Waals surface area contributed by atoms with E-state index in [1.807, 2.05) is 0 Å². The first-order valence-electron chi connectivity index (χ1n) is 30.1. The van der Waals surface area contributed by atoms with E-state index in [0.717, 1.165) is 17.1 Å². The van der Waals surface area contributed by atoms with Crippen LogP contribution in [0.25, 0.3) is 55.0 Å². The predicted molar refractivity (Wildman–Crippen MR) is 352 cm³/mol. The molecule has 13 aromatic rings. The van der Waals surface area contributed by atoms with Gasteiger partial charge >= 0.3 is 0 Å². The maximum atomic E-state index is 2.68. The third-order valence-electron chi connectivity index (χ3n) is 19.5. The summed E-state index contributed by atoms with van der Waals surface area (Å²) in [6.45, 7) is 9.46. The van der Waals surface area contributed by atoms with E-state index in [-0.39, 0.29) is 17.5 Å². The molecule has 0 saturated heterocycles. The van der Waals surface area contributed by atoms with Gasteiger partial charge in [-0.2, -0.15) is 0 Å². The highest BCUT2D eigenvalue weighted by Crippen LogP contribution is 2.49. The molecule has 0 N–H and O–H groups in total. The van der Waals surface area contributed by atoms with Gasteiger partial charge in [0.05, 0.1) is 22.1 Å². The van der Waals surface area contributed by atoms with Crippen LogP contribution in [0.5, 0.6) is 0 Å². The number of anilines is 6. The van der Waals surface area contributed by atoms with Crippen LogP contribution in [0.15, 0.2) is 255 Å². The van der Waals surface area contributed by atoms with Gasteiger partial charge < -0.3 is 18.9 Å². The van der Waals surface area contributed by atoms with Gasteiger partial charge in [-0.25, -0.2) is 0 Å². The fraction of sp³-hybridized carbons (Fsp3) is 0.154. The average molecular weight is 1070 g/mol. The first-order chi connectivity index (χ1) is 40.7. The molecule has 0 bridgehead atoms. The zero-order valence-corrected chi connectivity index (χ0v) is 47.7. The maximum Gasteiger partial charge on any atom is 0.252 e. The molecule has 1 fully saturated rings. The van der Waals surface area contributed by atoms with Crippen LogP contribution < -0.4 is 26.2 Å². The highest BCUT2D eigenvalue weighted by Gasteiger charge is 2.45. The lowest BCUT2D eigenvalue weighted by atomic mass is 9.33. The molecule has 2 aliphatic heterocycles. The summed E-state index contributed by atoms with van der Waals surface area (Å²) in [6, 6.07) is 96.7. The summed E-state index contributed by atoms with van der Waals surface area (Å²) in [7, 11) is 0. The average Bonchev–Trinajstić information content (AvgIpc) is 3.28. The molecule has 0 atom stereocenters. The summed E-state index contributed by atoms with van der Waals surface area (Å²) < 4.78 is 4.94. The maximum absolute atomic E-state index is 2.68. The minimum absolute atomic E-state index is 0.0827. The molecule has 83 heavy (non-hydrogen) atoms. The summed E-state index contributed by atoms with van der Waals surface area (Å²) in [5, 5.41) is 5.06. The minimum Gasteiger partial charge on any atom is -0.311 e. The van der Waals surface area contributed by atoms with E-state index in [4.69, 9.17) is 0 Å². The Bertz CT molecular complexity index is 4570. The van der Waals surface area contributed by atoms with E-state index in [1.54, 1.807) is 0 Å². The van der Waals surface area contributed by atoms with Crippen LogP contribution in [-0.2, 0) is 10.8 Å². The molecule has 0 unspecified atom stereocenters. The van der Waals surface area contributed by atoms with Crippen molar-refractivity contribution < 1.29 is 0 Å². The van der Waals surface area contributed by atoms with Crippen LogP contribution in [0.1, 0.15) is 93.5 Å². The van der Waals surface area contributed by atoms with Gasteiger partial charge in [0, 0.05) is 77.9 Å². The second-order valence-electron chi connectivity index (χ2n) is 24.7. The molecule has 400 valence electrons. The molecule has 4 heterocycles. The van der Waals surface area contributed by atoms with Crippen molar-refractivity contribution in [1.82, 2.24) is 9.13 Å². The monoisotopic (exact) mass is 1070 g/mol. The van der Waals surface area contributed by atoms with Crippen LogP contribution >= 0.6 is 0 Å². The number of fused-ring (bicyclic) bond motifs is 10. The Morgan fingerprint density at radius 3 is 1.34 bits per heavy atom. The molecule has 0 amide bonds. The Morgan fingerprint density at radius 2 is 0.783 bits per heavy atom. The molecule has 3 aliphatic rings. The Morgan fingerprint density at radius 1 is 0.325 bits per heavy atom. The van der Waals surface area contributed by atoms with Gasteiger partial charge in [-0.1, -0.05) is 205 Å². The molecule has 16 rings (SSSR count). The van der Waals surface area contributed by atoms with Gasteiger partial charge in [0.15, 0.2) is 0 Å². The second-order valence-corrected chi connectivity index (χ2v) is 24.7. The van der Waals surface area contributed by atoms with Crippen molar-refractivity contribution >= 4 is 101 Å². The third kappa shape index (κ3) is 7.73. The van der Waals surface area contributed by atoms with Crippen molar-refractivity contribution in [3.05, 3.63) is 283 Å². The van der Waals surface area contributed by atoms with Crippen LogP contribution in [0.3, 0.4) is 0 Å². The lowest BCUT2D eigenvalue weighted by molar-refractivity contribution is 0.444. The summed E-state index contributed by atoms with van der Waals surface area (Å²) in [6.07, 6.45) is 6.19. The van der Waals surface area contributed by atoms with Gasteiger partial charge in [-0.15, -0.1) is 0 Å². The summed E-state index contributed by atoms with van der Waals surface area (Å²) in [4.78, 5) is 5.31. The summed E-state index contributed by atoms with van der Waals surface area (Å²) in [5.41, 5.74) is 24.5. The molecule has 2 aromatic heterocycles. The van der Waals surface area contributed by atoms with Gasteiger partial charge in [0.25, 0.3) is 6.71 Å².